The van der Waals surface area contributed by atoms with Crippen LogP contribution in [0.4, 0.5) is 0 Å². The second kappa shape index (κ2) is 7.92. The monoisotopic (exact) mass is 412 g/mol. The molecule has 29 heavy (non-hydrogen) atoms. The highest BCUT2D eigenvalue weighted by Gasteiger charge is 2.49. The fourth-order valence-electron chi connectivity index (χ4n) is 4.84. The average molecular weight is 413 g/mol. The smallest absolute Gasteiger partial charge is 0.242 e. The second-order valence-electron chi connectivity index (χ2n) is 8.23. The number of carbonyl (C=O) groups is 1. The van der Waals surface area contributed by atoms with Crippen LogP contribution in [0.3, 0.4) is 0 Å². The van der Waals surface area contributed by atoms with Crippen molar-refractivity contribution in [1.29, 1.82) is 0 Å². The summed E-state index contributed by atoms with van der Waals surface area (Å²) in [6.45, 7) is 2.31. The third-order valence-electron chi connectivity index (χ3n) is 6.38. The van der Waals surface area contributed by atoms with E-state index in [4.69, 9.17) is 0 Å². The summed E-state index contributed by atoms with van der Waals surface area (Å²) in [5, 5.41) is 0. The van der Waals surface area contributed by atoms with Gasteiger partial charge in [0.1, 0.15) is 5.54 Å². The zero-order valence-corrected chi connectivity index (χ0v) is 17.7. The van der Waals surface area contributed by atoms with E-state index in [1.165, 1.54) is 0 Å². The topological polar surface area (TPSA) is 57.7 Å². The van der Waals surface area contributed by atoms with E-state index < -0.39 is 15.4 Å². The predicted molar refractivity (Wildman–Crippen MR) is 113 cm³/mol. The largest absolute Gasteiger partial charge is 0.344 e. The summed E-state index contributed by atoms with van der Waals surface area (Å²) in [6.07, 6.45) is 3.80. The SMILES string of the molecule is CN1CCCC2(CCCN2Cc2ccccc2CS(=O)(=O)c2ccccc2)C1=O. The van der Waals surface area contributed by atoms with E-state index in [-0.39, 0.29) is 11.7 Å². The Morgan fingerprint density at radius 3 is 2.24 bits per heavy atom. The lowest BCUT2D eigenvalue weighted by atomic mass is 9.85. The van der Waals surface area contributed by atoms with Crippen molar-refractivity contribution in [3.63, 3.8) is 0 Å². The summed E-state index contributed by atoms with van der Waals surface area (Å²) in [5.41, 5.74) is 1.39. The zero-order chi connectivity index (χ0) is 20.5. The van der Waals surface area contributed by atoms with Crippen LogP contribution >= 0.6 is 0 Å². The number of hydrogen-bond acceptors (Lipinski definition) is 4. The molecule has 4 rings (SSSR count). The Morgan fingerprint density at radius 1 is 0.897 bits per heavy atom. The number of carbonyl (C=O) groups excluding carboxylic acids is 1. The fourth-order valence-corrected chi connectivity index (χ4v) is 6.27. The first-order valence-electron chi connectivity index (χ1n) is 10.3. The highest BCUT2D eigenvalue weighted by Crippen LogP contribution is 2.39. The molecule has 2 saturated heterocycles. The van der Waals surface area contributed by atoms with Gasteiger partial charge in [0.15, 0.2) is 9.84 Å². The number of rotatable bonds is 5. The second-order valence-corrected chi connectivity index (χ2v) is 10.2. The van der Waals surface area contributed by atoms with Gasteiger partial charge in [-0.25, -0.2) is 8.42 Å². The summed E-state index contributed by atoms with van der Waals surface area (Å²) in [4.78, 5) is 17.5. The van der Waals surface area contributed by atoms with Crippen molar-refractivity contribution < 1.29 is 13.2 Å². The maximum atomic E-state index is 13.0. The van der Waals surface area contributed by atoms with Gasteiger partial charge in [-0.1, -0.05) is 42.5 Å². The van der Waals surface area contributed by atoms with E-state index >= 15 is 0 Å². The average Bonchev–Trinajstić information content (AvgIpc) is 3.11. The van der Waals surface area contributed by atoms with Crippen LogP contribution in [0.2, 0.25) is 0 Å². The highest BCUT2D eigenvalue weighted by atomic mass is 32.2. The molecular formula is C23H28N2O3S. The molecule has 0 aromatic heterocycles. The molecule has 1 spiro atoms. The fraction of sp³-hybridized carbons (Fsp3) is 0.435. The number of amides is 1. The van der Waals surface area contributed by atoms with Crippen molar-refractivity contribution in [3.8, 4) is 0 Å². The zero-order valence-electron chi connectivity index (χ0n) is 16.9. The molecule has 1 atom stereocenters. The van der Waals surface area contributed by atoms with E-state index in [0.717, 1.165) is 49.9 Å². The third-order valence-corrected chi connectivity index (χ3v) is 8.06. The molecular weight excluding hydrogens is 384 g/mol. The lowest BCUT2D eigenvalue weighted by molar-refractivity contribution is -0.146. The molecule has 1 unspecified atom stereocenters. The first-order valence-corrected chi connectivity index (χ1v) is 11.9. The summed E-state index contributed by atoms with van der Waals surface area (Å²) in [7, 11) is -1.53. The van der Waals surface area contributed by atoms with Crippen LogP contribution in [0.5, 0.6) is 0 Å². The summed E-state index contributed by atoms with van der Waals surface area (Å²) >= 11 is 0. The first-order chi connectivity index (χ1) is 13.9. The number of sulfone groups is 1. The van der Waals surface area contributed by atoms with Crippen LogP contribution in [0.1, 0.15) is 36.8 Å². The van der Waals surface area contributed by atoms with Gasteiger partial charge < -0.3 is 4.90 Å². The van der Waals surface area contributed by atoms with Crippen LogP contribution in [0.25, 0.3) is 0 Å². The molecule has 0 radical (unpaired) electrons. The number of nitrogens with zero attached hydrogens (tertiary/aromatic N) is 2. The Bertz CT molecular complexity index is 990. The quantitative estimate of drug-likeness (QED) is 0.757. The van der Waals surface area contributed by atoms with Gasteiger partial charge in [0, 0.05) is 20.1 Å². The Balaban J connectivity index is 1.60. The van der Waals surface area contributed by atoms with Gasteiger partial charge in [0.2, 0.25) is 5.91 Å². The molecule has 0 bridgehead atoms. The highest BCUT2D eigenvalue weighted by molar-refractivity contribution is 7.90. The standard InChI is InChI=1S/C23H28N2O3S/c1-24-15-7-13-23(22(24)26)14-8-16-25(23)17-19-9-5-6-10-20(19)18-29(27,28)21-11-3-2-4-12-21/h2-6,9-12H,7-8,13-18H2,1H3. The maximum Gasteiger partial charge on any atom is 0.242 e. The molecule has 2 heterocycles. The van der Waals surface area contributed by atoms with E-state index in [2.05, 4.69) is 4.90 Å². The Morgan fingerprint density at radius 2 is 1.52 bits per heavy atom. The Kier molecular flexibility index (Phi) is 5.49. The molecule has 0 aliphatic carbocycles. The van der Waals surface area contributed by atoms with Gasteiger partial charge in [0.25, 0.3) is 0 Å². The number of piperidine rings is 1. The van der Waals surface area contributed by atoms with Gasteiger partial charge in [0.05, 0.1) is 10.6 Å². The Labute approximate surface area is 173 Å². The lowest BCUT2D eigenvalue weighted by Crippen LogP contribution is -2.58. The summed E-state index contributed by atoms with van der Waals surface area (Å²) in [5.74, 6) is 0.192. The molecule has 0 saturated carbocycles. The lowest BCUT2D eigenvalue weighted by Gasteiger charge is -2.43. The molecule has 6 heteroatoms. The van der Waals surface area contributed by atoms with E-state index in [1.807, 2.05) is 42.3 Å². The van der Waals surface area contributed by atoms with Crippen molar-refractivity contribution in [1.82, 2.24) is 9.80 Å². The molecule has 5 nitrogen and oxygen atoms in total. The van der Waals surface area contributed by atoms with E-state index in [9.17, 15) is 13.2 Å². The van der Waals surface area contributed by atoms with Gasteiger partial charge in [-0.15, -0.1) is 0 Å². The first kappa shape index (κ1) is 20.1. The van der Waals surface area contributed by atoms with E-state index in [1.54, 1.807) is 24.3 Å². The van der Waals surface area contributed by atoms with Crippen molar-refractivity contribution in [2.75, 3.05) is 20.1 Å². The molecule has 0 N–H and O–H groups in total. The number of hydrogen-bond donors (Lipinski definition) is 0. The van der Waals surface area contributed by atoms with Crippen molar-refractivity contribution in [3.05, 3.63) is 65.7 Å². The number of likely N-dealkylation sites (N-methyl/N-ethyl adjacent to an activating group) is 1. The van der Waals surface area contributed by atoms with Crippen molar-refractivity contribution >= 4 is 15.7 Å². The van der Waals surface area contributed by atoms with Gasteiger partial charge in [-0.05, 0) is 55.5 Å². The molecule has 1 amide bonds. The molecule has 2 aliphatic heterocycles. The number of likely N-dealkylation sites (tertiary alicyclic amines) is 2. The third kappa shape index (κ3) is 3.83. The molecule has 2 aromatic carbocycles. The van der Waals surface area contributed by atoms with Crippen LogP contribution in [0.15, 0.2) is 59.5 Å². The molecule has 2 fully saturated rings. The van der Waals surface area contributed by atoms with Crippen molar-refractivity contribution in [2.45, 2.75) is 48.4 Å². The minimum Gasteiger partial charge on any atom is -0.344 e. The predicted octanol–water partition coefficient (Wildman–Crippen LogP) is 3.25. The van der Waals surface area contributed by atoms with E-state index in [0.29, 0.717) is 11.4 Å². The molecule has 2 aliphatic rings. The van der Waals surface area contributed by atoms with Crippen molar-refractivity contribution in [2.24, 2.45) is 0 Å². The van der Waals surface area contributed by atoms with Crippen LogP contribution in [-0.2, 0) is 26.9 Å². The molecule has 2 aromatic rings. The normalized spacial score (nSPS) is 23.1. The summed E-state index contributed by atoms with van der Waals surface area (Å²) in [6, 6.07) is 16.3. The van der Waals surface area contributed by atoms with Gasteiger partial charge >= 0.3 is 0 Å². The van der Waals surface area contributed by atoms with Crippen LogP contribution in [-0.4, -0.2) is 49.8 Å². The number of benzene rings is 2. The molecule has 154 valence electrons. The minimum atomic E-state index is -3.42. The Hall–Kier alpha value is -2.18. The minimum absolute atomic E-state index is 0.0259. The van der Waals surface area contributed by atoms with Crippen LogP contribution in [0, 0.1) is 0 Å². The summed E-state index contributed by atoms with van der Waals surface area (Å²) < 4.78 is 25.8. The van der Waals surface area contributed by atoms with Gasteiger partial charge in [-0.2, -0.15) is 0 Å². The van der Waals surface area contributed by atoms with Gasteiger partial charge in [-0.3, -0.25) is 9.69 Å². The van der Waals surface area contributed by atoms with Crippen LogP contribution < -0.4 is 0 Å². The maximum absolute atomic E-state index is 13.0.